The smallest absolute Gasteiger partial charge is 0.0500 e. The average Bonchev–Trinajstić information content (AvgIpc) is 2.11. The summed E-state index contributed by atoms with van der Waals surface area (Å²) in [5.74, 6) is 0. The molecule has 1 rings (SSSR count). The minimum Gasteiger partial charge on any atom is -0.378 e. The highest BCUT2D eigenvalue weighted by Crippen LogP contribution is 2.26. The second kappa shape index (κ2) is 4.82. The lowest BCUT2D eigenvalue weighted by atomic mass is 10.2. The van der Waals surface area contributed by atoms with Gasteiger partial charge in [0.2, 0.25) is 0 Å². The van der Waals surface area contributed by atoms with Crippen LogP contribution in [0.4, 0.5) is 5.69 Å². The van der Waals surface area contributed by atoms with E-state index in [0.717, 1.165) is 14.6 Å². The van der Waals surface area contributed by atoms with E-state index in [1.165, 1.54) is 0 Å². The number of hydrogen-bond donors (Lipinski definition) is 1. The molecule has 1 aromatic rings. The Morgan fingerprint density at radius 3 is 2.77 bits per heavy atom. The van der Waals surface area contributed by atoms with Crippen molar-refractivity contribution in [1.29, 1.82) is 0 Å². The van der Waals surface area contributed by atoms with Gasteiger partial charge in [0.1, 0.15) is 0 Å². The minimum atomic E-state index is 0.269. The second-order valence-electron chi connectivity index (χ2n) is 2.79. The fraction of sp³-hybridized carbons (Fsp3) is 0.200. The van der Waals surface area contributed by atoms with Crippen molar-refractivity contribution in [2.75, 3.05) is 5.32 Å². The van der Waals surface area contributed by atoms with Crippen molar-refractivity contribution < 1.29 is 0 Å². The molecule has 1 unspecified atom stereocenters. The van der Waals surface area contributed by atoms with Gasteiger partial charge in [0.15, 0.2) is 0 Å². The summed E-state index contributed by atoms with van der Waals surface area (Å²) >= 11 is 6.89. The number of anilines is 1. The summed E-state index contributed by atoms with van der Waals surface area (Å²) in [6.07, 6.45) is 1.87. The van der Waals surface area contributed by atoms with Crippen LogP contribution >= 0.6 is 31.9 Å². The molecule has 0 fully saturated rings. The van der Waals surface area contributed by atoms with Gasteiger partial charge in [0.25, 0.3) is 0 Å². The van der Waals surface area contributed by atoms with Gasteiger partial charge in [-0.25, -0.2) is 0 Å². The van der Waals surface area contributed by atoms with Gasteiger partial charge < -0.3 is 5.32 Å². The normalized spacial score (nSPS) is 12.2. The lowest BCUT2D eigenvalue weighted by molar-refractivity contribution is 0.999. The van der Waals surface area contributed by atoms with E-state index in [0.29, 0.717) is 0 Å². The Balaban J connectivity index is 2.86. The first-order valence-electron chi connectivity index (χ1n) is 3.97. The summed E-state index contributed by atoms with van der Waals surface area (Å²) in [6, 6.07) is 6.30. The van der Waals surface area contributed by atoms with Crippen molar-refractivity contribution >= 4 is 37.5 Å². The quantitative estimate of drug-likeness (QED) is 0.825. The molecule has 70 valence electrons. The van der Waals surface area contributed by atoms with Crippen LogP contribution in [0.2, 0.25) is 0 Å². The summed E-state index contributed by atoms with van der Waals surface area (Å²) in [6.45, 7) is 5.78. The Labute approximate surface area is 95.5 Å². The van der Waals surface area contributed by atoms with Crippen LogP contribution in [0.25, 0.3) is 0 Å². The molecule has 0 radical (unpaired) electrons. The summed E-state index contributed by atoms with van der Waals surface area (Å²) in [5.41, 5.74) is 1.07. The zero-order chi connectivity index (χ0) is 9.84. The molecule has 0 saturated heterocycles. The first-order chi connectivity index (χ1) is 6.13. The van der Waals surface area contributed by atoms with E-state index in [1.807, 2.05) is 24.3 Å². The van der Waals surface area contributed by atoms with Crippen LogP contribution in [0.5, 0.6) is 0 Å². The molecule has 1 atom stereocenters. The van der Waals surface area contributed by atoms with Gasteiger partial charge >= 0.3 is 0 Å². The van der Waals surface area contributed by atoms with E-state index < -0.39 is 0 Å². The van der Waals surface area contributed by atoms with Crippen LogP contribution in [-0.2, 0) is 0 Å². The van der Waals surface area contributed by atoms with Crippen LogP contribution in [-0.4, -0.2) is 6.04 Å². The minimum absolute atomic E-state index is 0.269. The molecular weight excluding hydrogens is 294 g/mol. The Kier molecular flexibility index (Phi) is 4.00. The Morgan fingerprint density at radius 2 is 2.15 bits per heavy atom. The number of nitrogens with one attached hydrogen (secondary N) is 1. The fourth-order valence-electron chi connectivity index (χ4n) is 0.912. The third kappa shape index (κ3) is 3.16. The van der Waals surface area contributed by atoms with Gasteiger partial charge in [-0.3, -0.25) is 0 Å². The molecule has 0 aliphatic rings. The van der Waals surface area contributed by atoms with Crippen molar-refractivity contribution in [1.82, 2.24) is 0 Å². The van der Waals surface area contributed by atoms with Crippen molar-refractivity contribution in [3.05, 3.63) is 39.8 Å². The summed E-state index contributed by atoms with van der Waals surface area (Å²) < 4.78 is 2.12. The molecule has 0 heterocycles. The predicted molar refractivity (Wildman–Crippen MR) is 65.1 cm³/mol. The van der Waals surface area contributed by atoms with Crippen molar-refractivity contribution in [2.24, 2.45) is 0 Å². The van der Waals surface area contributed by atoms with Gasteiger partial charge in [0, 0.05) is 20.7 Å². The SMILES string of the molecule is C=CC(C)Nc1cc(Br)ccc1Br. The first-order valence-corrected chi connectivity index (χ1v) is 5.56. The molecule has 0 saturated carbocycles. The Hall–Kier alpha value is -0.280. The number of benzene rings is 1. The van der Waals surface area contributed by atoms with Crippen molar-refractivity contribution in [3.8, 4) is 0 Å². The molecule has 0 amide bonds. The summed E-state index contributed by atoms with van der Waals surface area (Å²) in [4.78, 5) is 0. The fourth-order valence-corrected chi connectivity index (χ4v) is 1.63. The second-order valence-corrected chi connectivity index (χ2v) is 4.56. The molecule has 13 heavy (non-hydrogen) atoms. The molecule has 3 heteroatoms. The van der Waals surface area contributed by atoms with E-state index in [9.17, 15) is 0 Å². The van der Waals surface area contributed by atoms with E-state index in [4.69, 9.17) is 0 Å². The van der Waals surface area contributed by atoms with Gasteiger partial charge in [-0.05, 0) is 41.1 Å². The third-order valence-electron chi connectivity index (χ3n) is 1.67. The van der Waals surface area contributed by atoms with Gasteiger partial charge in [-0.2, -0.15) is 0 Å². The van der Waals surface area contributed by atoms with Crippen LogP contribution < -0.4 is 5.32 Å². The predicted octanol–water partition coefficient (Wildman–Crippen LogP) is 4.20. The number of rotatable bonds is 3. The highest BCUT2D eigenvalue weighted by atomic mass is 79.9. The van der Waals surface area contributed by atoms with Crippen LogP contribution in [0.1, 0.15) is 6.92 Å². The van der Waals surface area contributed by atoms with E-state index in [2.05, 4.69) is 50.7 Å². The molecule has 1 nitrogen and oxygen atoms in total. The molecule has 0 spiro atoms. The van der Waals surface area contributed by atoms with Gasteiger partial charge in [0.05, 0.1) is 0 Å². The number of halogens is 2. The van der Waals surface area contributed by atoms with Gasteiger partial charge in [-0.1, -0.05) is 22.0 Å². The average molecular weight is 305 g/mol. The number of hydrogen-bond acceptors (Lipinski definition) is 1. The molecule has 1 N–H and O–H groups in total. The Morgan fingerprint density at radius 1 is 1.46 bits per heavy atom. The molecule has 1 aromatic carbocycles. The highest BCUT2D eigenvalue weighted by molar-refractivity contribution is 9.11. The zero-order valence-electron chi connectivity index (χ0n) is 7.35. The Bertz CT molecular complexity index is 310. The van der Waals surface area contributed by atoms with Crippen LogP contribution in [0.3, 0.4) is 0 Å². The standard InChI is InChI=1S/C10H11Br2N/c1-3-7(2)13-10-6-8(11)4-5-9(10)12/h3-7,13H,1H2,2H3. The van der Waals surface area contributed by atoms with Gasteiger partial charge in [-0.15, -0.1) is 6.58 Å². The molecule has 0 aliphatic heterocycles. The monoisotopic (exact) mass is 303 g/mol. The van der Waals surface area contributed by atoms with Crippen LogP contribution in [0.15, 0.2) is 39.8 Å². The largest absolute Gasteiger partial charge is 0.378 e. The molecule has 0 aliphatic carbocycles. The van der Waals surface area contributed by atoms with Crippen molar-refractivity contribution in [2.45, 2.75) is 13.0 Å². The lowest BCUT2D eigenvalue weighted by Crippen LogP contribution is -2.11. The maximum absolute atomic E-state index is 3.72. The third-order valence-corrected chi connectivity index (χ3v) is 2.85. The van der Waals surface area contributed by atoms with E-state index in [1.54, 1.807) is 0 Å². The maximum Gasteiger partial charge on any atom is 0.0500 e. The molecular formula is C10H11Br2N. The first kappa shape index (κ1) is 10.8. The van der Waals surface area contributed by atoms with Crippen LogP contribution in [0, 0.1) is 0 Å². The topological polar surface area (TPSA) is 12.0 Å². The highest BCUT2D eigenvalue weighted by Gasteiger charge is 2.01. The zero-order valence-corrected chi connectivity index (χ0v) is 10.5. The molecule has 0 bridgehead atoms. The summed E-state index contributed by atoms with van der Waals surface area (Å²) in [7, 11) is 0. The van der Waals surface area contributed by atoms with E-state index in [-0.39, 0.29) is 6.04 Å². The molecule has 0 aromatic heterocycles. The van der Waals surface area contributed by atoms with Crippen molar-refractivity contribution in [3.63, 3.8) is 0 Å². The lowest BCUT2D eigenvalue weighted by Gasteiger charge is -2.12. The summed E-state index contributed by atoms with van der Waals surface area (Å²) in [5, 5.41) is 3.31. The van der Waals surface area contributed by atoms with E-state index >= 15 is 0 Å². The maximum atomic E-state index is 3.72.